The zero-order chi connectivity index (χ0) is 13.1. The van der Waals surface area contributed by atoms with E-state index in [1.54, 1.807) is 5.56 Å². The smallest absolute Gasteiger partial charge is 0.450 e. The molecule has 4 heteroatoms. The van der Waals surface area contributed by atoms with Crippen molar-refractivity contribution >= 4 is 17.8 Å². The summed E-state index contributed by atoms with van der Waals surface area (Å²) in [5.74, 6) is 0.937. The standard InChI is InChI=1S/C13H15Cl.CH2O3/c14-13-8-11-3-1-2-10(11)7-12(13)6-9-4-5-9;2-1(3)4/h7-9H,1-6H2;(H2,2,3,4). The molecule has 0 saturated heterocycles. The Morgan fingerprint density at radius 2 is 1.78 bits per heavy atom. The summed E-state index contributed by atoms with van der Waals surface area (Å²) in [6.45, 7) is 0. The van der Waals surface area contributed by atoms with E-state index in [2.05, 4.69) is 12.1 Å². The van der Waals surface area contributed by atoms with Crippen molar-refractivity contribution in [2.75, 3.05) is 0 Å². The van der Waals surface area contributed by atoms with Crippen molar-refractivity contribution in [1.29, 1.82) is 0 Å². The maximum Gasteiger partial charge on any atom is 0.503 e. The zero-order valence-electron chi connectivity index (χ0n) is 10.2. The van der Waals surface area contributed by atoms with Crippen molar-refractivity contribution in [1.82, 2.24) is 0 Å². The van der Waals surface area contributed by atoms with Gasteiger partial charge in [0.15, 0.2) is 0 Å². The molecule has 2 aliphatic carbocycles. The molecule has 18 heavy (non-hydrogen) atoms. The molecule has 0 aromatic heterocycles. The Bertz CT molecular complexity index is 449. The highest BCUT2D eigenvalue weighted by atomic mass is 35.5. The lowest BCUT2D eigenvalue weighted by Gasteiger charge is -2.07. The molecule has 0 heterocycles. The van der Waals surface area contributed by atoms with E-state index in [-0.39, 0.29) is 0 Å². The summed E-state index contributed by atoms with van der Waals surface area (Å²) in [4.78, 5) is 8.56. The molecule has 1 saturated carbocycles. The van der Waals surface area contributed by atoms with Gasteiger partial charge in [0, 0.05) is 5.02 Å². The second-order valence-electron chi connectivity index (χ2n) is 5.00. The average molecular weight is 269 g/mol. The lowest BCUT2D eigenvalue weighted by Crippen LogP contribution is -1.92. The molecular weight excluding hydrogens is 252 g/mol. The molecule has 98 valence electrons. The molecule has 2 aliphatic rings. The number of hydrogen-bond acceptors (Lipinski definition) is 1. The quantitative estimate of drug-likeness (QED) is 0.852. The van der Waals surface area contributed by atoms with Crippen LogP contribution < -0.4 is 0 Å². The van der Waals surface area contributed by atoms with Gasteiger partial charge in [0.05, 0.1) is 0 Å². The van der Waals surface area contributed by atoms with E-state index < -0.39 is 6.16 Å². The van der Waals surface area contributed by atoms with Gasteiger partial charge >= 0.3 is 6.16 Å². The van der Waals surface area contributed by atoms with Crippen molar-refractivity contribution < 1.29 is 15.0 Å². The van der Waals surface area contributed by atoms with Crippen molar-refractivity contribution in [3.63, 3.8) is 0 Å². The lowest BCUT2D eigenvalue weighted by atomic mass is 10.0. The van der Waals surface area contributed by atoms with Crippen LogP contribution in [0, 0.1) is 5.92 Å². The first-order chi connectivity index (χ1) is 8.56. The first-order valence-corrected chi connectivity index (χ1v) is 6.66. The lowest BCUT2D eigenvalue weighted by molar-refractivity contribution is 0.137. The number of benzene rings is 1. The van der Waals surface area contributed by atoms with Crippen LogP contribution in [-0.2, 0) is 19.3 Å². The normalized spacial score (nSPS) is 16.7. The number of carbonyl (C=O) groups is 1. The zero-order valence-corrected chi connectivity index (χ0v) is 10.9. The summed E-state index contributed by atoms with van der Waals surface area (Å²) in [5.41, 5.74) is 4.45. The maximum atomic E-state index is 8.56. The average Bonchev–Trinajstić information content (AvgIpc) is 2.96. The van der Waals surface area contributed by atoms with E-state index in [0.717, 1.165) is 10.9 Å². The van der Waals surface area contributed by atoms with Gasteiger partial charge in [-0.3, -0.25) is 0 Å². The van der Waals surface area contributed by atoms with Gasteiger partial charge in [-0.2, -0.15) is 0 Å². The van der Waals surface area contributed by atoms with E-state index in [4.69, 9.17) is 26.6 Å². The summed E-state index contributed by atoms with van der Waals surface area (Å²) in [7, 11) is 0. The van der Waals surface area contributed by atoms with Crippen LogP contribution in [0.1, 0.15) is 36.0 Å². The van der Waals surface area contributed by atoms with Crippen LogP contribution in [0.25, 0.3) is 0 Å². The number of aryl methyl sites for hydroxylation is 2. The van der Waals surface area contributed by atoms with Gasteiger partial charge in [-0.25, -0.2) is 4.79 Å². The van der Waals surface area contributed by atoms with Gasteiger partial charge < -0.3 is 10.2 Å². The topological polar surface area (TPSA) is 57.5 Å². The first kappa shape index (κ1) is 13.2. The molecule has 0 spiro atoms. The molecule has 0 bridgehead atoms. The summed E-state index contributed by atoms with van der Waals surface area (Å²) >= 11 is 6.28. The van der Waals surface area contributed by atoms with Crippen LogP contribution in [0.15, 0.2) is 12.1 Å². The minimum absolute atomic E-state index is 0.937. The Kier molecular flexibility index (Phi) is 4.12. The van der Waals surface area contributed by atoms with Crippen LogP contribution in [0.4, 0.5) is 4.79 Å². The van der Waals surface area contributed by atoms with Gasteiger partial charge in [-0.05, 0) is 67.2 Å². The monoisotopic (exact) mass is 268 g/mol. The highest BCUT2D eigenvalue weighted by Gasteiger charge is 2.23. The Morgan fingerprint density at radius 1 is 1.22 bits per heavy atom. The molecular formula is C14H17ClO3. The molecule has 0 aliphatic heterocycles. The number of hydrogen-bond donors (Lipinski definition) is 2. The minimum Gasteiger partial charge on any atom is -0.450 e. The molecule has 1 aromatic carbocycles. The van der Waals surface area contributed by atoms with E-state index in [1.807, 2.05) is 0 Å². The molecule has 0 unspecified atom stereocenters. The van der Waals surface area contributed by atoms with E-state index in [1.165, 1.54) is 49.7 Å². The summed E-state index contributed by atoms with van der Waals surface area (Å²) < 4.78 is 0. The van der Waals surface area contributed by atoms with Crippen molar-refractivity contribution in [2.24, 2.45) is 5.92 Å². The minimum atomic E-state index is -1.83. The Labute approximate surface area is 111 Å². The SMILES string of the molecule is Clc1cc2c(cc1CC1CC1)CCC2.O=C(O)O. The molecule has 0 radical (unpaired) electrons. The fourth-order valence-electron chi connectivity index (χ4n) is 2.43. The van der Waals surface area contributed by atoms with Crippen molar-refractivity contribution in [2.45, 2.75) is 38.5 Å². The van der Waals surface area contributed by atoms with Gasteiger partial charge in [0.25, 0.3) is 0 Å². The Balaban J connectivity index is 0.000000267. The predicted molar refractivity (Wildman–Crippen MR) is 70.6 cm³/mol. The van der Waals surface area contributed by atoms with E-state index in [9.17, 15) is 0 Å². The number of rotatable bonds is 2. The molecule has 1 fully saturated rings. The van der Waals surface area contributed by atoms with Crippen LogP contribution in [-0.4, -0.2) is 16.4 Å². The number of halogens is 1. The fourth-order valence-corrected chi connectivity index (χ4v) is 2.70. The van der Waals surface area contributed by atoms with Gasteiger partial charge in [-0.15, -0.1) is 0 Å². The third kappa shape index (κ3) is 3.64. The molecule has 2 N–H and O–H groups in total. The largest absolute Gasteiger partial charge is 0.503 e. The number of carboxylic acid groups (broad SMARTS) is 2. The van der Waals surface area contributed by atoms with Crippen LogP contribution in [0.3, 0.4) is 0 Å². The highest BCUT2D eigenvalue weighted by Crippen LogP contribution is 2.36. The van der Waals surface area contributed by atoms with E-state index >= 15 is 0 Å². The van der Waals surface area contributed by atoms with Crippen LogP contribution in [0.2, 0.25) is 5.02 Å². The summed E-state index contributed by atoms with van der Waals surface area (Å²) in [6, 6.07) is 4.57. The molecule has 1 aromatic rings. The third-order valence-corrected chi connectivity index (χ3v) is 3.82. The molecule has 3 nitrogen and oxygen atoms in total. The first-order valence-electron chi connectivity index (χ1n) is 6.28. The third-order valence-electron chi connectivity index (χ3n) is 3.47. The van der Waals surface area contributed by atoms with Crippen LogP contribution in [0.5, 0.6) is 0 Å². The Morgan fingerprint density at radius 3 is 2.33 bits per heavy atom. The van der Waals surface area contributed by atoms with Gasteiger partial charge in [0.2, 0.25) is 0 Å². The van der Waals surface area contributed by atoms with E-state index in [0.29, 0.717) is 0 Å². The maximum absolute atomic E-state index is 8.56. The van der Waals surface area contributed by atoms with Crippen LogP contribution >= 0.6 is 11.6 Å². The second-order valence-corrected chi connectivity index (χ2v) is 5.40. The molecule has 0 amide bonds. The molecule has 3 rings (SSSR count). The molecule has 0 atom stereocenters. The second kappa shape index (κ2) is 5.61. The summed E-state index contributed by atoms with van der Waals surface area (Å²) in [5, 5.41) is 15.0. The highest BCUT2D eigenvalue weighted by molar-refractivity contribution is 6.31. The number of fused-ring (bicyclic) bond motifs is 1. The van der Waals surface area contributed by atoms with Crippen molar-refractivity contribution in [3.8, 4) is 0 Å². The Hall–Kier alpha value is -1.22. The summed E-state index contributed by atoms with van der Waals surface area (Å²) in [6.07, 6.45) is 6.02. The van der Waals surface area contributed by atoms with Crippen molar-refractivity contribution in [3.05, 3.63) is 33.8 Å². The van der Waals surface area contributed by atoms with Gasteiger partial charge in [0.1, 0.15) is 0 Å². The fraction of sp³-hybridized carbons (Fsp3) is 0.500. The predicted octanol–water partition coefficient (Wildman–Crippen LogP) is 4.00. The van der Waals surface area contributed by atoms with Gasteiger partial charge in [-0.1, -0.05) is 17.7 Å².